The van der Waals surface area contributed by atoms with Gasteiger partial charge in [0.15, 0.2) is 0 Å². The molecule has 6 heteroatoms. The van der Waals surface area contributed by atoms with Gasteiger partial charge in [-0.1, -0.05) is 0 Å². The van der Waals surface area contributed by atoms with Crippen LogP contribution in [0.2, 0.25) is 0 Å². The third-order valence-electron chi connectivity index (χ3n) is 3.70. The van der Waals surface area contributed by atoms with Crippen LogP contribution in [-0.4, -0.2) is 34.3 Å². The van der Waals surface area contributed by atoms with Crippen molar-refractivity contribution in [3.63, 3.8) is 0 Å². The second-order valence-corrected chi connectivity index (χ2v) is 5.13. The largest absolute Gasteiger partial charge is 0.462 e. The van der Waals surface area contributed by atoms with E-state index in [2.05, 4.69) is 10.4 Å². The number of hydrogen-bond acceptors (Lipinski definition) is 4. The molecule has 1 N–H and O–H groups in total. The Labute approximate surface area is 111 Å². The van der Waals surface area contributed by atoms with Gasteiger partial charge in [0.1, 0.15) is 11.3 Å². The summed E-state index contributed by atoms with van der Waals surface area (Å²) >= 11 is 0. The number of rotatable bonds is 3. The average Bonchev–Trinajstić information content (AvgIpc) is 3.12. The highest BCUT2D eigenvalue weighted by atomic mass is 16.5. The predicted molar refractivity (Wildman–Crippen MR) is 66.9 cm³/mol. The lowest BCUT2D eigenvalue weighted by molar-refractivity contribution is 0.0520. The molecule has 0 aromatic carbocycles. The van der Waals surface area contributed by atoms with Gasteiger partial charge in [-0.3, -0.25) is 9.48 Å². The van der Waals surface area contributed by atoms with Gasteiger partial charge in [0.05, 0.1) is 24.9 Å². The van der Waals surface area contributed by atoms with Crippen LogP contribution in [0.25, 0.3) is 0 Å². The predicted octanol–water partition coefficient (Wildman–Crippen LogP) is 0.890. The topological polar surface area (TPSA) is 73.2 Å². The number of carbonyl (C=O) groups excluding carboxylic acids is 2. The maximum atomic E-state index is 12.2. The summed E-state index contributed by atoms with van der Waals surface area (Å²) < 4.78 is 6.65. The quantitative estimate of drug-likeness (QED) is 0.822. The van der Waals surface area contributed by atoms with E-state index in [-0.39, 0.29) is 18.6 Å². The molecule has 1 atom stereocenters. The molecule has 1 aliphatic heterocycles. The summed E-state index contributed by atoms with van der Waals surface area (Å²) in [5, 5.41) is 7.30. The zero-order valence-corrected chi connectivity index (χ0v) is 11.1. The first-order chi connectivity index (χ1) is 9.11. The number of fused-ring (bicyclic) bond motifs is 1. The molecule has 1 fully saturated rings. The zero-order chi connectivity index (χ0) is 13.6. The van der Waals surface area contributed by atoms with E-state index in [1.54, 1.807) is 18.5 Å². The Balaban J connectivity index is 1.96. The monoisotopic (exact) mass is 263 g/mol. The standard InChI is InChI=1S/C13H17N3O3/c1-3-19-13(18)10-7(2)15-16-6-9(8-4-5-8)14-12(17)11(10)16/h8-9H,3-6H2,1-2H3,(H,14,17). The van der Waals surface area contributed by atoms with Crippen LogP contribution in [0, 0.1) is 12.8 Å². The Morgan fingerprint density at radius 2 is 2.26 bits per heavy atom. The summed E-state index contributed by atoms with van der Waals surface area (Å²) in [5.74, 6) is -0.124. The maximum Gasteiger partial charge on any atom is 0.342 e. The number of nitrogens with zero attached hydrogens (tertiary/aromatic N) is 2. The molecule has 1 unspecified atom stereocenters. The molecule has 0 radical (unpaired) electrons. The van der Waals surface area contributed by atoms with Gasteiger partial charge in [-0.25, -0.2) is 4.79 Å². The minimum absolute atomic E-state index is 0.148. The molecule has 1 saturated carbocycles. The average molecular weight is 263 g/mol. The third-order valence-corrected chi connectivity index (χ3v) is 3.70. The van der Waals surface area contributed by atoms with Crippen molar-refractivity contribution in [2.24, 2.45) is 5.92 Å². The fourth-order valence-corrected chi connectivity index (χ4v) is 2.63. The maximum absolute atomic E-state index is 12.2. The molecular formula is C13H17N3O3. The minimum Gasteiger partial charge on any atom is -0.462 e. The molecule has 0 saturated heterocycles. The lowest BCUT2D eigenvalue weighted by Gasteiger charge is -2.24. The molecule has 2 heterocycles. The van der Waals surface area contributed by atoms with Gasteiger partial charge in [-0.2, -0.15) is 5.10 Å². The normalized spacial score (nSPS) is 21.8. The van der Waals surface area contributed by atoms with E-state index >= 15 is 0 Å². The molecule has 102 valence electrons. The summed E-state index contributed by atoms with van der Waals surface area (Å²) in [6.07, 6.45) is 2.32. The molecule has 1 aromatic rings. The fraction of sp³-hybridized carbons (Fsp3) is 0.615. The fourth-order valence-electron chi connectivity index (χ4n) is 2.63. The van der Waals surface area contributed by atoms with Crippen LogP contribution < -0.4 is 5.32 Å². The summed E-state index contributed by atoms with van der Waals surface area (Å²) in [4.78, 5) is 24.1. The molecule has 1 aliphatic carbocycles. The molecule has 0 bridgehead atoms. The highest BCUT2D eigenvalue weighted by molar-refractivity contribution is 6.05. The van der Waals surface area contributed by atoms with Gasteiger partial charge in [0.2, 0.25) is 0 Å². The van der Waals surface area contributed by atoms with Crippen LogP contribution in [0.15, 0.2) is 0 Å². The summed E-state index contributed by atoms with van der Waals surface area (Å²) in [6, 6.07) is 0.148. The zero-order valence-electron chi connectivity index (χ0n) is 11.1. The van der Waals surface area contributed by atoms with E-state index in [1.807, 2.05) is 0 Å². The van der Waals surface area contributed by atoms with Gasteiger partial charge in [0, 0.05) is 0 Å². The number of ether oxygens (including phenoxy) is 1. The van der Waals surface area contributed by atoms with Crippen LogP contribution in [0.3, 0.4) is 0 Å². The Bertz CT molecular complexity index is 546. The van der Waals surface area contributed by atoms with Crippen LogP contribution in [0.5, 0.6) is 0 Å². The van der Waals surface area contributed by atoms with Crippen LogP contribution in [-0.2, 0) is 11.3 Å². The van der Waals surface area contributed by atoms with Crippen molar-refractivity contribution in [3.05, 3.63) is 17.0 Å². The van der Waals surface area contributed by atoms with Crippen molar-refractivity contribution in [1.29, 1.82) is 0 Å². The first-order valence-electron chi connectivity index (χ1n) is 6.67. The number of amides is 1. The van der Waals surface area contributed by atoms with Crippen LogP contribution >= 0.6 is 0 Å². The summed E-state index contributed by atoms with van der Waals surface area (Å²) in [5.41, 5.74) is 1.20. The van der Waals surface area contributed by atoms with Crippen molar-refractivity contribution in [2.45, 2.75) is 39.3 Å². The van der Waals surface area contributed by atoms with Gasteiger partial charge < -0.3 is 10.1 Å². The summed E-state index contributed by atoms with van der Waals surface area (Å²) in [6.45, 7) is 4.41. The highest BCUT2D eigenvalue weighted by Crippen LogP contribution is 2.35. The number of esters is 1. The Morgan fingerprint density at radius 3 is 2.89 bits per heavy atom. The number of aryl methyl sites for hydroxylation is 1. The van der Waals surface area contributed by atoms with Gasteiger partial charge in [-0.15, -0.1) is 0 Å². The number of hydrogen-bond donors (Lipinski definition) is 1. The first kappa shape index (κ1) is 12.2. The number of carbonyl (C=O) groups is 2. The SMILES string of the molecule is CCOC(=O)c1c(C)nn2c1C(=O)NC(C1CC1)C2. The minimum atomic E-state index is -0.471. The van der Waals surface area contributed by atoms with Crippen molar-refractivity contribution >= 4 is 11.9 Å². The third kappa shape index (κ3) is 2.01. The van der Waals surface area contributed by atoms with Gasteiger partial charge >= 0.3 is 5.97 Å². The number of aromatic nitrogens is 2. The van der Waals surface area contributed by atoms with E-state index in [4.69, 9.17) is 4.74 Å². The van der Waals surface area contributed by atoms with Crippen molar-refractivity contribution in [3.8, 4) is 0 Å². The van der Waals surface area contributed by atoms with E-state index in [1.165, 1.54) is 0 Å². The molecule has 2 aliphatic rings. The first-order valence-corrected chi connectivity index (χ1v) is 6.67. The molecule has 6 nitrogen and oxygen atoms in total. The Hall–Kier alpha value is -1.85. The Morgan fingerprint density at radius 1 is 1.53 bits per heavy atom. The summed E-state index contributed by atoms with van der Waals surface area (Å²) in [7, 11) is 0. The second-order valence-electron chi connectivity index (χ2n) is 5.13. The van der Waals surface area contributed by atoms with E-state index in [0.29, 0.717) is 29.4 Å². The lowest BCUT2D eigenvalue weighted by atomic mass is 10.1. The van der Waals surface area contributed by atoms with Gasteiger partial charge in [0.25, 0.3) is 5.91 Å². The van der Waals surface area contributed by atoms with Crippen molar-refractivity contribution < 1.29 is 14.3 Å². The number of nitrogens with one attached hydrogen (secondary N) is 1. The molecule has 1 aromatic heterocycles. The van der Waals surface area contributed by atoms with E-state index in [9.17, 15) is 9.59 Å². The smallest absolute Gasteiger partial charge is 0.342 e. The Kier molecular flexibility index (Phi) is 2.80. The molecule has 19 heavy (non-hydrogen) atoms. The van der Waals surface area contributed by atoms with Crippen LogP contribution in [0.1, 0.15) is 46.3 Å². The van der Waals surface area contributed by atoms with Gasteiger partial charge in [-0.05, 0) is 32.6 Å². The molecule has 0 spiro atoms. The van der Waals surface area contributed by atoms with E-state index < -0.39 is 5.97 Å². The van der Waals surface area contributed by atoms with Crippen molar-refractivity contribution in [2.75, 3.05) is 6.61 Å². The highest BCUT2D eigenvalue weighted by Gasteiger charge is 2.39. The molecule has 3 rings (SSSR count). The van der Waals surface area contributed by atoms with Crippen molar-refractivity contribution in [1.82, 2.24) is 15.1 Å². The van der Waals surface area contributed by atoms with Crippen LogP contribution in [0.4, 0.5) is 0 Å². The lowest BCUT2D eigenvalue weighted by Crippen LogP contribution is -2.46. The van der Waals surface area contributed by atoms with E-state index in [0.717, 1.165) is 12.8 Å². The molecular weight excluding hydrogens is 246 g/mol. The second kappa shape index (κ2) is 4.36. The molecule has 1 amide bonds.